The van der Waals surface area contributed by atoms with Crippen molar-refractivity contribution in [1.29, 1.82) is 0 Å². The summed E-state index contributed by atoms with van der Waals surface area (Å²) in [6.45, 7) is 0. The van der Waals surface area contributed by atoms with Crippen LogP contribution < -0.4 is 5.56 Å². The molecule has 2 rings (SSSR count). The third-order valence-corrected chi connectivity index (χ3v) is 1.94. The topological polar surface area (TPSA) is 62.8 Å². The van der Waals surface area contributed by atoms with Gasteiger partial charge in [0.15, 0.2) is 0 Å². The lowest BCUT2D eigenvalue weighted by atomic mass is 10.1. The van der Waals surface area contributed by atoms with Gasteiger partial charge in [0.25, 0.3) is 0 Å². The molecule has 0 amide bonds. The van der Waals surface area contributed by atoms with E-state index in [9.17, 15) is 9.59 Å². The summed E-state index contributed by atoms with van der Waals surface area (Å²) in [5, 5.41) is 0. The Bertz CT molecular complexity index is 511. The molecule has 0 saturated heterocycles. The van der Waals surface area contributed by atoms with Gasteiger partial charge in [-0.1, -0.05) is 6.07 Å². The molecule has 4 heteroatoms. The van der Waals surface area contributed by atoms with Crippen LogP contribution in [-0.2, 0) is 0 Å². The second-order valence-corrected chi connectivity index (χ2v) is 2.99. The van der Waals surface area contributed by atoms with Crippen LogP contribution in [0.25, 0.3) is 0 Å². The number of aromatic nitrogens is 2. The van der Waals surface area contributed by atoms with E-state index in [2.05, 4.69) is 9.97 Å². The number of nitrogens with one attached hydrogen (secondary N) is 1. The van der Waals surface area contributed by atoms with Crippen molar-refractivity contribution in [1.82, 2.24) is 9.97 Å². The molecule has 0 saturated carbocycles. The molecule has 74 valence electrons. The first kappa shape index (κ1) is 9.33. The number of nitrogens with zero attached hydrogens (tertiary/aromatic N) is 1. The molecule has 15 heavy (non-hydrogen) atoms. The number of rotatable bonds is 2. The summed E-state index contributed by atoms with van der Waals surface area (Å²) in [5.74, 6) is -0.202. The van der Waals surface area contributed by atoms with Gasteiger partial charge < -0.3 is 4.98 Å². The normalized spacial score (nSPS) is 9.87. The number of H-pyrrole nitrogens is 1. The number of hydrogen-bond donors (Lipinski definition) is 1. The van der Waals surface area contributed by atoms with Crippen molar-refractivity contribution in [2.24, 2.45) is 0 Å². The van der Waals surface area contributed by atoms with Crippen molar-refractivity contribution in [3.05, 3.63) is 64.3 Å². The Morgan fingerprint density at radius 2 is 2.07 bits per heavy atom. The molecule has 0 aliphatic rings. The summed E-state index contributed by atoms with van der Waals surface area (Å²) >= 11 is 0. The molecular weight excluding hydrogens is 192 g/mol. The Hall–Kier alpha value is -2.23. The van der Waals surface area contributed by atoms with Gasteiger partial charge in [-0.2, -0.15) is 0 Å². The molecule has 0 aromatic carbocycles. The monoisotopic (exact) mass is 200 g/mol. The van der Waals surface area contributed by atoms with Crippen LogP contribution in [0.4, 0.5) is 0 Å². The summed E-state index contributed by atoms with van der Waals surface area (Å²) in [5.41, 5.74) is 0.561. The molecule has 1 N–H and O–H groups in total. The average Bonchev–Trinajstić information content (AvgIpc) is 2.30. The number of aromatic amines is 1. The van der Waals surface area contributed by atoms with Crippen molar-refractivity contribution >= 4 is 5.78 Å². The van der Waals surface area contributed by atoms with Crippen LogP contribution in [0.15, 0.2) is 47.5 Å². The van der Waals surface area contributed by atoms with Crippen molar-refractivity contribution in [3.8, 4) is 0 Å². The second-order valence-electron chi connectivity index (χ2n) is 2.99. The fourth-order valence-corrected chi connectivity index (χ4v) is 1.20. The minimum Gasteiger partial charge on any atom is -0.328 e. The highest BCUT2D eigenvalue weighted by atomic mass is 16.1. The zero-order chi connectivity index (χ0) is 10.7. The van der Waals surface area contributed by atoms with Gasteiger partial charge in [0.1, 0.15) is 5.69 Å². The van der Waals surface area contributed by atoms with E-state index in [0.717, 1.165) is 0 Å². The highest BCUT2D eigenvalue weighted by Crippen LogP contribution is 2.03. The van der Waals surface area contributed by atoms with E-state index in [1.807, 2.05) is 0 Å². The quantitative estimate of drug-likeness (QED) is 0.735. The van der Waals surface area contributed by atoms with Crippen LogP contribution in [0.5, 0.6) is 0 Å². The first-order valence-electron chi connectivity index (χ1n) is 4.42. The zero-order valence-electron chi connectivity index (χ0n) is 7.81. The van der Waals surface area contributed by atoms with E-state index in [1.54, 1.807) is 24.4 Å². The van der Waals surface area contributed by atoms with Crippen LogP contribution in [-0.4, -0.2) is 15.8 Å². The van der Waals surface area contributed by atoms with Gasteiger partial charge in [-0.05, 0) is 18.2 Å². The Morgan fingerprint density at radius 1 is 1.20 bits per heavy atom. The van der Waals surface area contributed by atoms with E-state index >= 15 is 0 Å². The third kappa shape index (κ3) is 1.99. The first-order valence-corrected chi connectivity index (χ1v) is 4.42. The third-order valence-electron chi connectivity index (χ3n) is 1.94. The number of pyridine rings is 2. The number of carbonyl (C=O) groups excluding carboxylic acids is 1. The summed E-state index contributed by atoms with van der Waals surface area (Å²) in [7, 11) is 0. The minimum absolute atomic E-state index is 0.202. The molecule has 0 atom stereocenters. The van der Waals surface area contributed by atoms with Crippen LogP contribution in [0.2, 0.25) is 0 Å². The molecule has 0 aliphatic heterocycles. The lowest BCUT2D eigenvalue weighted by Gasteiger charge is -1.98. The maximum absolute atomic E-state index is 11.8. The fraction of sp³-hybridized carbons (Fsp3) is 0. The van der Waals surface area contributed by atoms with Crippen LogP contribution in [0, 0.1) is 0 Å². The molecule has 2 aromatic rings. The molecule has 0 unspecified atom stereocenters. The van der Waals surface area contributed by atoms with E-state index < -0.39 is 0 Å². The maximum atomic E-state index is 11.8. The van der Waals surface area contributed by atoms with E-state index in [4.69, 9.17) is 0 Å². The Kier molecular flexibility index (Phi) is 2.41. The zero-order valence-corrected chi connectivity index (χ0v) is 7.81. The maximum Gasteiger partial charge on any atom is 0.247 e. The first-order chi connectivity index (χ1) is 7.27. The number of carbonyl (C=O) groups is 1. The molecule has 0 bridgehead atoms. The average molecular weight is 200 g/mol. The van der Waals surface area contributed by atoms with Gasteiger partial charge in [0, 0.05) is 24.0 Å². The summed E-state index contributed by atoms with van der Waals surface area (Å²) in [4.78, 5) is 29.0. The van der Waals surface area contributed by atoms with Crippen LogP contribution in [0.1, 0.15) is 16.1 Å². The van der Waals surface area contributed by atoms with Gasteiger partial charge in [-0.3, -0.25) is 14.6 Å². The lowest BCUT2D eigenvalue weighted by molar-refractivity contribution is 0.103. The van der Waals surface area contributed by atoms with E-state index in [-0.39, 0.29) is 11.3 Å². The van der Waals surface area contributed by atoms with Gasteiger partial charge in [-0.15, -0.1) is 0 Å². The van der Waals surface area contributed by atoms with E-state index in [0.29, 0.717) is 11.3 Å². The minimum atomic E-state index is -0.229. The predicted molar refractivity (Wildman–Crippen MR) is 54.7 cm³/mol. The SMILES string of the molecule is O=C(c1ccc(=O)[nH]c1)c1ccccn1. The van der Waals surface area contributed by atoms with Crippen molar-refractivity contribution in [2.45, 2.75) is 0 Å². The Labute approximate surface area is 85.6 Å². The van der Waals surface area contributed by atoms with E-state index in [1.165, 1.54) is 18.3 Å². The highest BCUT2D eigenvalue weighted by Gasteiger charge is 2.08. The lowest BCUT2D eigenvalue weighted by Crippen LogP contribution is -2.08. The van der Waals surface area contributed by atoms with Crippen LogP contribution in [0.3, 0.4) is 0 Å². The molecule has 4 nitrogen and oxygen atoms in total. The summed E-state index contributed by atoms with van der Waals surface area (Å²) in [6.07, 6.45) is 2.94. The van der Waals surface area contributed by atoms with Crippen molar-refractivity contribution in [2.75, 3.05) is 0 Å². The number of hydrogen-bond acceptors (Lipinski definition) is 3. The van der Waals surface area contributed by atoms with Crippen molar-refractivity contribution < 1.29 is 4.79 Å². The van der Waals surface area contributed by atoms with Crippen molar-refractivity contribution in [3.63, 3.8) is 0 Å². The molecule has 0 fully saturated rings. The largest absolute Gasteiger partial charge is 0.328 e. The van der Waals surface area contributed by atoms with Gasteiger partial charge >= 0.3 is 0 Å². The molecule has 0 radical (unpaired) electrons. The highest BCUT2D eigenvalue weighted by molar-refractivity contribution is 6.07. The van der Waals surface area contributed by atoms with Gasteiger partial charge in [-0.25, -0.2) is 0 Å². The predicted octanol–water partition coefficient (Wildman–Crippen LogP) is 1.00. The molecule has 0 aliphatic carbocycles. The number of ketones is 1. The summed E-state index contributed by atoms with van der Waals surface area (Å²) < 4.78 is 0. The second kappa shape index (κ2) is 3.88. The fourth-order valence-electron chi connectivity index (χ4n) is 1.20. The molecule has 2 aromatic heterocycles. The molecule has 2 heterocycles. The smallest absolute Gasteiger partial charge is 0.247 e. The summed E-state index contributed by atoms with van der Waals surface area (Å²) in [6, 6.07) is 7.91. The van der Waals surface area contributed by atoms with Gasteiger partial charge in [0.05, 0.1) is 0 Å². The van der Waals surface area contributed by atoms with Gasteiger partial charge in [0.2, 0.25) is 11.3 Å². The molecular formula is C11H8N2O2. The Morgan fingerprint density at radius 3 is 2.67 bits per heavy atom. The van der Waals surface area contributed by atoms with Crippen LogP contribution >= 0.6 is 0 Å². The molecule has 0 spiro atoms. The Balaban J connectivity index is 2.37. The standard InChI is InChI=1S/C11H8N2O2/c14-10-5-4-8(7-13-10)11(15)9-3-1-2-6-12-9/h1-7H,(H,13,14).